The first-order valence-corrected chi connectivity index (χ1v) is 28.9. The quantitative estimate of drug-likeness (QED) is 0.0451. The van der Waals surface area contributed by atoms with Crippen LogP contribution in [-0.2, 0) is 38.5 Å². The van der Waals surface area contributed by atoms with Crippen molar-refractivity contribution in [1.82, 2.24) is 0 Å². The summed E-state index contributed by atoms with van der Waals surface area (Å²) in [4.78, 5) is 14.9. The summed E-state index contributed by atoms with van der Waals surface area (Å²) in [6, 6.07) is 19.6. The zero-order valence-corrected chi connectivity index (χ0v) is 43.5. The predicted octanol–water partition coefficient (Wildman–Crippen LogP) is 20.5. The standard InChI is InChI=1S/C50H64Br2S6/c1-5-9-13-17-21-35-31-43(49-37(33-45(51)57-49)23-19-15-11-7-3)55-47(35)41-29-27-39(53-41)25-26-40-28-30-42(54-40)48-36(22-18-14-10-6-2)32-44(56-48)50-38(34-46(52)58-50)24-20-16-12-8-4/h27-34H,5-26H2,1-4H3. The average Bonchev–Trinajstić information content (AvgIpc) is 4.08. The van der Waals surface area contributed by atoms with E-state index in [4.69, 9.17) is 0 Å². The molecular weight excluding hydrogens is 953 g/mol. The third-order valence-corrected chi connectivity index (χ3v) is 19.9. The van der Waals surface area contributed by atoms with Gasteiger partial charge in [-0.2, -0.15) is 0 Å². The number of unbranched alkanes of at least 4 members (excludes halogenated alkanes) is 12. The molecule has 6 rings (SSSR count). The molecule has 58 heavy (non-hydrogen) atoms. The fraction of sp³-hybridized carbons (Fsp3) is 0.520. The molecule has 0 aliphatic carbocycles. The van der Waals surface area contributed by atoms with Gasteiger partial charge in [-0.05, 0) is 167 Å². The van der Waals surface area contributed by atoms with E-state index < -0.39 is 0 Å². The first-order valence-electron chi connectivity index (χ1n) is 22.4. The summed E-state index contributed by atoms with van der Waals surface area (Å²) in [6.45, 7) is 9.24. The highest BCUT2D eigenvalue weighted by Gasteiger charge is 2.20. The first-order chi connectivity index (χ1) is 28.4. The van der Waals surface area contributed by atoms with E-state index in [2.05, 4.69) is 108 Å². The average molecular weight is 1020 g/mol. The number of hydrogen-bond donors (Lipinski definition) is 0. The minimum absolute atomic E-state index is 1.11. The molecule has 0 atom stereocenters. The minimum Gasteiger partial charge on any atom is -0.139 e. The molecule has 0 saturated heterocycles. The van der Waals surface area contributed by atoms with Gasteiger partial charge in [0, 0.05) is 48.8 Å². The molecule has 0 amide bonds. The van der Waals surface area contributed by atoms with Crippen LogP contribution in [-0.4, -0.2) is 0 Å². The van der Waals surface area contributed by atoms with Crippen molar-refractivity contribution in [3.05, 3.63) is 88.1 Å². The van der Waals surface area contributed by atoms with E-state index in [0.717, 1.165) is 12.8 Å². The molecule has 0 nitrogen and oxygen atoms in total. The fourth-order valence-corrected chi connectivity index (χ4v) is 16.3. The Bertz CT molecular complexity index is 1950. The summed E-state index contributed by atoms with van der Waals surface area (Å²) in [7, 11) is 0. The van der Waals surface area contributed by atoms with Gasteiger partial charge in [0.25, 0.3) is 0 Å². The normalized spacial score (nSPS) is 11.8. The Hall–Kier alpha value is -0.840. The fourth-order valence-electron chi connectivity index (χ4n) is 7.93. The lowest BCUT2D eigenvalue weighted by Crippen LogP contribution is -1.86. The van der Waals surface area contributed by atoms with Crippen LogP contribution in [0.1, 0.15) is 162 Å². The zero-order chi connectivity index (χ0) is 40.7. The molecule has 0 unspecified atom stereocenters. The number of halogens is 2. The van der Waals surface area contributed by atoms with Crippen molar-refractivity contribution in [3.8, 4) is 39.0 Å². The summed E-state index contributed by atoms with van der Waals surface area (Å²) in [6.07, 6.45) is 27.9. The highest BCUT2D eigenvalue weighted by molar-refractivity contribution is 9.11. The van der Waals surface area contributed by atoms with Crippen molar-refractivity contribution in [2.75, 3.05) is 0 Å². The van der Waals surface area contributed by atoms with E-state index in [1.54, 1.807) is 11.1 Å². The Labute approximate surface area is 392 Å². The van der Waals surface area contributed by atoms with Crippen molar-refractivity contribution < 1.29 is 0 Å². The van der Waals surface area contributed by atoms with Crippen molar-refractivity contribution in [3.63, 3.8) is 0 Å². The van der Waals surface area contributed by atoms with Gasteiger partial charge in [-0.25, -0.2) is 0 Å². The molecule has 6 heterocycles. The van der Waals surface area contributed by atoms with Gasteiger partial charge in [-0.1, -0.05) is 105 Å². The molecule has 0 N–H and O–H groups in total. The zero-order valence-electron chi connectivity index (χ0n) is 35.4. The van der Waals surface area contributed by atoms with Crippen LogP contribution in [0.25, 0.3) is 39.0 Å². The lowest BCUT2D eigenvalue weighted by atomic mass is 10.0. The molecule has 0 bridgehead atoms. The molecule has 0 spiro atoms. The molecule has 8 heteroatoms. The topological polar surface area (TPSA) is 0 Å². The summed E-state index contributed by atoms with van der Waals surface area (Å²) in [5.41, 5.74) is 6.19. The van der Waals surface area contributed by atoms with Crippen LogP contribution in [0.2, 0.25) is 0 Å². The van der Waals surface area contributed by atoms with E-state index in [0.29, 0.717) is 0 Å². The summed E-state index contributed by atoms with van der Waals surface area (Å²) in [5, 5.41) is 0. The van der Waals surface area contributed by atoms with E-state index in [1.165, 1.54) is 196 Å². The largest absolute Gasteiger partial charge is 0.139 e. The van der Waals surface area contributed by atoms with E-state index in [9.17, 15) is 0 Å². The Morgan fingerprint density at radius 1 is 0.328 bits per heavy atom. The van der Waals surface area contributed by atoms with Crippen LogP contribution < -0.4 is 0 Å². The highest BCUT2D eigenvalue weighted by Crippen LogP contribution is 2.48. The number of hydrogen-bond acceptors (Lipinski definition) is 6. The van der Waals surface area contributed by atoms with Gasteiger partial charge in [0.1, 0.15) is 0 Å². The third-order valence-electron chi connectivity index (χ3n) is 11.2. The van der Waals surface area contributed by atoms with Crippen LogP contribution in [0, 0.1) is 0 Å². The minimum atomic E-state index is 1.11. The van der Waals surface area contributed by atoms with Gasteiger partial charge in [-0.3, -0.25) is 0 Å². The van der Waals surface area contributed by atoms with Gasteiger partial charge >= 0.3 is 0 Å². The predicted molar refractivity (Wildman–Crippen MR) is 276 cm³/mol. The molecule has 0 aromatic carbocycles. The number of thiophene rings is 6. The van der Waals surface area contributed by atoms with E-state index >= 15 is 0 Å². The second-order valence-electron chi connectivity index (χ2n) is 16.0. The van der Waals surface area contributed by atoms with Crippen LogP contribution in [0.3, 0.4) is 0 Å². The Balaban J connectivity index is 1.18. The second kappa shape index (κ2) is 24.7. The highest BCUT2D eigenvalue weighted by atomic mass is 79.9. The summed E-state index contributed by atoms with van der Waals surface area (Å²) >= 11 is 19.8. The second-order valence-corrected chi connectivity index (χ2v) is 25.3. The lowest BCUT2D eigenvalue weighted by molar-refractivity contribution is 0.667. The molecule has 6 aromatic heterocycles. The summed E-state index contributed by atoms with van der Waals surface area (Å²) in [5.74, 6) is 0. The monoisotopic (exact) mass is 1010 g/mol. The van der Waals surface area contributed by atoms with Crippen molar-refractivity contribution in [2.24, 2.45) is 0 Å². The molecule has 314 valence electrons. The van der Waals surface area contributed by atoms with Gasteiger partial charge in [0.15, 0.2) is 0 Å². The van der Waals surface area contributed by atoms with Gasteiger partial charge in [0.05, 0.1) is 7.57 Å². The van der Waals surface area contributed by atoms with Crippen LogP contribution in [0.5, 0.6) is 0 Å². The first kappa shape index (κ1) is 46.7. The molecule has 0 aliphatic rings. The van der Waals surface area contributed by atoms with Gasteiger partial charge in [-0.15, -0.1) is 68.0 Å². The molecule has 0 radical (unpaired) electrons. The Morgan fingerprint density at radius 2 is 0.655 bits per heavy atom. The van der Waals surface area contributed by atoms with Crippen LogP contribution in [0.15, 0.2) is 56.1 Å². The van der Waals surface area contributed by atoms with Crippen molar-refractivity contribution in [2.45, 2.75) is 169 Å². The lowest BCUT2D eigenvalue weighted by Gasteiger charge is -2.02. The van der Waals surface area contributed by atoms with Crippen LogP contribution >= 0.6 is 99.9 Å². The third kappa shape index (κ3) is 13.3. The maximum Gasteiger partial charge on any atom is 0.0708 e. The SMILES string of the molecule is CCCCCCc1cc(Br)sc1-c1cc(CCCCCC)c(-c2ccc(CCc3ccc(-c4sc(-c5sc(Br)cc5CCCCCC)cc4CCCCCC)s3)s2)s1. The maximum atomic E-state index is 3.86. The van der Waals surface area contributed by atoms with E-state index in [1.807, 2.05) is 68.0 Å². The van der Waals surface area contributed by atoms with Crippen LogP contribution in [0.4, 0.5) is 0 Å². The molecule has 6 aromatic rings. The maximum absolute atomic E-state index is 3.86. The van der Waals surface area contributed by atoms with E-state index in [-0.39, 0.29) is 0 Å². The molecule has 0 aliphatic heterocycles. The van der Waals surface area contributed by atoms with Crippen molar-refractivity contribution in [1.29, 1.82) is 0 Å². The molecule has 0 saturated carbocycles. The molecular formula is C50H64Br2S6. The Morgan fingerprint density at radius 3 is 1.00 bits per heavy atom. The van der Waals surface area contributed by atoms with Gasteiger partial charge < -0.3 is 0 Å². The Kier molecular flexibility index (Phi) is 19.9. The summed E-state index contributed by atoms with van der Waals surface area (Å²) < 4.78 is 2.53. The number of rotatable bonds is 27. The van der Waals surface area contributed by atoms with Gasteiger partial charge in [0.2, 0.25) is 0 Å². The molecule has 0 fully saturated rings. The van der Waals surface area contributed by atoms with Crippen molar-refractivity contribution >= 4 is 99.9 Å². The smallest absolute Gasteiger partial charge is 0.0708 e. The number of aryl methyl sites for hydroxylation is 6.